The molecular weight excluding hydrogens is 376 g/mol. The van der Waals surface area contributed by atoms with Gasteiger partial charge in [0.1, 0.15) is 11.3 Å². The van der Waals surface area contributed by atoms with Gasteiger partial charge in [-0.25, -0.2) is 4.79 Å². The summed E-state index contributed by atoms with van der Waals surface area (Å²) in [5.74, 6) is -0.568. The molecule has 2 aromatic carbocycles. The second kappa shape index (κ2) is 9.18. The van der Waals surface area contributed by atoms with Crippen molar-refractivity contribution >= 4 is 22.4 Å². The first-order valence-corrected chi connectivity index (χ1v) is 10.5. The number of unbranched alkanes of at least 4 members (excludes halogenated alkanes) is 1. The molecule has 156 valence electrons. The molecule has 1 aliphatic heterocycles. The molecule has 0 aliphatic carbocycles. The number of benzene rings is 2. The minimum absolute atomic E-state index is 0.0375. The first kappa shape index (κ1) is 20.2. The number of methoxy groups -OCH3 is 1. The number of phenols is 1. The summed E-state index contributed by atoms with van der Waals surface area (Å²) >= 11 is 0. The van der Waals surface area contributed by atoms with Crippen molar-refractivity contribution in [3.05, 3.63) is 71.4 Å². The quantitative estimate of drug-likeness (QED) is 0.440. The van der Waals surface area contributed by atoms with E-state index in [4.69, 9.17) is 4.74 Å². The van der Waals surface area contributed by atoms with Gasteiger partial charge in [-0.15, -0.1) is 0 Å². The van der Waals surface area contributed by atoms with Gasteiger partial charge in [-0.3, -0.25) is 4.90 Å². The molecule has 2 heterocycles. The molecule has 0 bridgehead atoms. The van der Waals surface area contributed by atoms with Gasteiger partial charge in [-0.2, -0.15) is 0 Å². The maximum Gasteiger partial charge on any atom is 0.341 e. The zero-order valence-electron chi connectivity index (χ0n) is 17.4. The molecule has 0 amide bonds. The molecule has 1 aromatic heterocycles. The van der Waals surface area contributed by atoms with Crippen molar-refractivity contribution in [2.24, 2.45) is 0 Å². The number of hydrogen-bond donors (Lipinski definition) is 2. The van der Waals surface area contributed by atoms with Crippen LogP contribution < -0.4 is 0 Å². The van der Waals surface area contributed by atoms with Gasteiger partial charge in [0.25, 0.3) is 0 Å². The highest BCUT2D eigenvalue weighted by atomic mass is 16.5. The number of aromatic hydroxyl groups is 1. The molecule has 0 radical (unpaired) electrons. The maximum atomic E-state index is 11.7. The fourth-order valence-electron chi connectivity index (χ4n) is 4.18. The molecule has 30 heavy (non-hydrogen) atoms. The van der Waals surface area contributed by atoms with E-state index in [1.54, 1.807) is 12.1 Å². The highest BCUT2D eigenvalue weighted by Crippen LogP contribution is 2.28. The Morgan fingerprint density at radius 1 is 1.20 bits per heavy atom. The minimum Gasteiger partial charge on any atom is -0.507 e. The van der Waals surface area contributed by atoms with E-state index in [-0.39, 0.29) is 11.3 Å². The van der Waals surface area contributed by atoms with E-state index in [9.17, 15) is 9.90 Å². The van der Waals surface area contributed by atoms with Gasteiger partial charge in [-0.1, -0.05) is 36.4 Å². The highest BCUT2D eigenvalue weighted by molar-refractivity contribution is 5.98. The van der Waals surface area contributed by atoms with Crippen LogP contribution in [0.4, 0.5) is 0 Å². The lowest BCUT2D eigenvalue weighted by Gasteiger charge is -2.26. The summed E-state index contributed by atoms with van der Waals surface area (Å²) < 4.78 is 4.72. The van der Waals surface area contributed by atoms with Gasteiger partial charge >= 0.3 is 5.97 Å². The molecule has 0 saturated carbocycles. The third kappa shape index (κ3) is 4.41. The number of ether oxygens (including phenoxy) is 1. The predicted octanol–water partition coefficient (Wildman–Crippen LogP) is 4.77. The highest BCUT2D eigenvalue weighted by Gasteiger charge is 2.16. The number of carbonyl (C=O) groups excluding carboxylic acids is 1. The SMILES string of the molecule is COC(=O)c1cc2[nH]cc(CCCCN3CC=C(c4ccccc4)CC3)c2cc1O. The Morgan fingerprint density at radius 3 is 2.77 bits per heavy atom. The average molecular weight is 405 g/mol. The van der Waals surface area contributed by atoms with Crippen molar-refractivity contribution in [1.29, 1.82) is 0 Å². The lowest BCUT2D eigenvalue weighted by Crippen LogP contribution is -2.29. The first-order chi connectivity index (χ1) is 14.7. The molecule has 0 spiro atoms. The molecular formula is C25H28N2O3. The van der Waals surface area contributed by atoms with Crippen LogP contribution in [0.25, 0.3) is 16.5 Å². The molecule has 0 atom stereocenters. The largest absolute Gasteiger partial charge is 0.507 e. The summed E-state index contributed by atoms with van der Waals surface area (Å²) in [7, 11) is 1.31. The Labute approximate surface area is 177 Å². The molecule has 0 unspecified atom stereocenters. The monoisotopic (exact) mass is 404 g/mol. The summed E-state index contributed by atoms with van der Waals surface area (Å²) in [4.78, 5) is 17.5. The Kier molecular flexibility index (Phi) is 6.19. The number of hydrogen-bond acceptors (Lipinski definition) is 4. The Hall–Kier alpha value is -3.05. The molecule has 0 fully saturated rings. The molecule has 0 saturated heterocycles. The van der Waals surface area contributed by atoms with Crippen molar-refractivity contribution in [1.82, 2.24) is 9.88 Å². The number of rotatable bonds is 7. The van der Waals surface area contributed by atoms with Crippen molar-refractivity contribution in [3.8, 4) is 5.75 Å². The number of aryl methyl sites for hydroxylation is 1. The van der Waals surface area contributed by atoms with Gasteiger partial charge in [0.05, 0.1) is 7.11 Å². The van der Waals surface area contributed by atoms with Crippen LogP contribution in [0.5, 0.6) is 5.75 Å². The van der Waals surface area contributed by atoms with Crippen LogP contribution in [0.15, 0.2) is 54.7 Å². The normalized spacial score (nSPS) is 14.6. The van der Waals surface area contributed by atoms with Gasteiger partial charge in [0.2, 0.25) is 0 Å². The van der Waals surface area contributed by atoms with Gasteiger partial charge in [-0.05, 0) is 61.1 Å². The van der Waals surface area contributed by atoms with E-state index < -0.39 is 5.97 Å². The Balaban J connectivity index is 1.29. The van der Waals surface area contributed by atoms with E-state index in [0.717, 1.165) is 56.2 Å². The maximum absolute atomic E-state index is 11.7. The number of nitrogens with one attached hydrogen (secondary N) is 1. The summed E-state index contributed by atoms with van der Waals surface area (Å²) in [5.41, 5.74) is 5.00. The van der Waals surface area contributed by atoms with Crippen LogP contribution in [-0.2, 0) is 11.2 Å². The number of aromatic amines is 1. The zero-order chi connectivity index (χ0) is 20.9. The van der Waals surface area contributed by atoms with E-state index >= 15 is 0 Å². The number of nitrogens with zero attached hydrogens (tertiary/aromatic N) is 1. The number of esters is 1. The number of H-pyrrole nitrogens is 1. The first-order valence-electron chi connectivity index (χ1n) is 10.5. The lowest BCUT2D eigenvalue weighted by atomic mass is 9.99. The predicted molar refractivity (Wildman–Crippen MR) is 120 cm³/mol. The number of phenolic OH excluding ortho intramolecular Hbond substituents is 1. The molecule has 5 heteroatoms. The standard InChI is InChI=1S/C25H28N2O3/c1-30-25(29)22-15-23-21(16-24(22)28)20(17-26-23)9-5-6-12-27-13-10-19(11-14-27)18-7-3-2-4-8-18/h2-4,7-8,10,15-17,26,28H,5-6,9,11-14H2,1H3. The third-order valence-corrected chi connectivity index (χ3v) is 5.90. The van der Waals surface area contributed by atoms with Crippen molar-refractivity contribution in [2.75, 3.05) is 26.7 Å². The zero-order valence-corrected chi connectivity index (χ0v) is 17.4. The topological polar surface area (TPSA) is 65.6 Å². The number of fused-ring (bicyclic) bond motifs is 1. The van der Waals surface area contributed by atoms with E-state index in [1.807, 2.05) is 6.20 Å². The molecule has 3 aromatic rings. The number of carbonyl (C=O) groups is 1. The lowest BCUT2D eigenvalue weighted by molar-refractivity contribution is 0.0597. The summed E-state index contributed by atoms with van der Waals surface area (Å²) in [5, 5.41) is 11.1. The van der Waals surface area contributed by atoms with Gasteiger partial charge in [0.15, 0.2) is 0 Å². The van der Waals surface area contributed by atoms with Gasteiger partial charge < -0.3 is 14.8 Å². The third-order valence-electron chi connectivity index (χ3n) is 5.90. The Morgan fingerprint density at radius 2 is 2.03 bits per heavy atom. The van der Waals surface area contributed by atoms with Crippen LogP contribution in [-0.4, -0.2) is 47.7 Å². The van der Waals surface area contributed by atoms with Crippen LogP contribution in [0.3, 0.4) is 0 Å². The average Bonchev–Trinajstić information content (AvgIpc) is 3.18. The van der Waals surface area contributed by atoms with E-state index in [1.165, 1.54) is 23.8 Å². The Bertz CT molecular complexity index is 1050. The second-order valence-corrected chi connectivity index (χ2v) is 7.82. The number of aromatic nitrogens is 1. The minimum atomic E-state index is -0.531. The van der Waals surface area contributed by atoms with Crippen LogP contribution in [0, 0.1) is 0 Å². The van der Waals surface area contributed by atoms with Crippen molar-refractivity contribution in [2.45, 2.75) is 25.7 Å². The smallest absolute Gasteiger partial charge is 0.341 e. The van der Waals surface area contributed by atoms with E-state index in [0.29, 0.717) is 0 Å². The molecule has 4 rings (SSSR count). The summed E-state index contributed by atoms with van der Waals surface area (Å²) in [6, 6.07) is 14.0. The molecule has 1 aliphatic rings. The van der Waals surface area contributed by atoms with Crippen LogP contribution >= 0.6 is 0 Å². The van der Waals surface area contributed by atoms with Crippen LogP contribution in [0.1, 0.15) is 40.7 Å². The fraction of sp³-hybridized carbons (Fsp3) is 0.320. The van der Waals surface area contributed by atoms with E-state index in [2.05, 4.69) is 46.3 Å². The van der Waals surface area contributed by atoms with Crippen molar-refractivity contribution < 1.29 is 14.6 Å². The van der Waals surface area contributed by atoms with Crippen LogP contribution in [0.2, 0.25) is 0 Å². The molecule has 5 nitrogen and oxygen atoms in total. The fourth-order valence-corrected chi connectivity index (χ4v) is 4.18. The molecule has 2 N–H and O–H groups in total. The summed E-state index contributed by atoms with van der Waals surface area (Å²) in [6.45, 7) is 3.22. The second-order valence-electron chi connectivity index (χ2n) is 7.82. The van der Waals surface area contributed by atoms with Gasteiger partial charge in [0, 0.05) is 30.2 Å². The van der Waals surface area contributed by atoms with Crippen molar-refractivity contribution in [3.63, 3.8) is 0 Å². The summed E-state index contributed by atoms with van der Waals surface area (Å²) in [6.07, 6.45) is 8.59.